The Morgan fingerprint density at radius 3 is 3.07 bits per heavy atom. The minimum atomic E-state index is -0.0976. The van der Waals surface area contributed by atoms with Crippen LogP contribution in [0.2, 0.25) is 0 Å². The van der Waals surface area contributed by atoms with Crippen molar-refractivity contribution in [3.05, 3.63) is 29.3 Å². The van der Waals surface area contributed by atoms with Crippen LogP contribution < -0.4 is 5.32 Å². The number of aldehydes is 1. The Morgan fingerprint density at radius 2 is 2.40 bits per heavy atom. The summed E-state index contributed by atoms with van der Waals surface area (Å²) >= 11 is 0. The lowest BCUT2D eigenvalue weighted by Gasteiger charge is -2.24. The first-order valence-electron chi connectivity index (χ1n) is 4.91. The van der Waals surface area contributed by atoms with Crippen LogP contribution in [0.5, 0.6) is 5.75 Å². The lowest BCUT2D eigenvalue weighted by atomic mass is 10.0. The van der Waals surface area contributed by atoms with Crippen molar-refractivity contribution < 1.29 is 14.6 Å². The van der Waals surface area contributed by atoms with E-state index in [1.54, 1.807) is 12.1 Å². The van der Waals surface area contributed by atoms with Crippen LogP contribution in [0.4, 0.5) is 0 Å². The van der Waals surface area contributed by atoms with Crippen LogP contribution in [-0.2, 0) is 4.74 Å². The maximum Gasteiger partial charge on any atom is 0.150 e. The summed E-state index contributed by atoms with van der Waals surface area (Å²) in [7, 11) is 0. The molecule has 1 atom stereocenters. The van der Waals surface area contributed by atoms with E-state index in [1.165, 1.54) is 6.07 Å². The number of hydrogen-bond acceptors (Lipinski definition) is 4. The van der Waals surface area contributed by atoms with Gasteiger partial charge in [0.1, 0.15) is 5.75 Å². The molecule has 80 valence electrons. The van der Waals surface area contributed by atoms with E-state index in [1.807, 2.05) is 0 Å². The lowest BCUT2D eigenvalue weighted by Crippen LogP contribution is -2.33. The number of phenols is 1. The number of aromatic hydroxyl groups is 1. The SMILES string of the molecule is O=Cc1cc(O)ccc1C1CNCCO1. The van der Waals surface area contributed by atoms with E-state index in [2.05, 4.69) is 5.32 Å². The molecule has 15 heavy (non-hydrogen) atoms. The molecule has 0 aliphatic carbocycles. The summed E-state index contributed by atoms with van der Waals surface area (Å²) in [4.78, 5) is 10.8. The summed E-state index contributed by atoms with van der Waals surface area (Å²) in [6.45, 7) is 2.18. The number of carbonyl (C=O) groups excluding carboxylic acids is 1. The van der Waals surface area contributed by atoms with Crippen molar-refractivity contribution in [2.75, 3.05) is 19.7 Å². The molecule has 0 aromatic heterocycles. The average molecular weight is 207 g/mol. The molecule has 0 saturated carbocycles. The monoisotopic (exact) mass is 207 g/mol. The molecule has 1 aliphatic rings. The fourth-order valence-corrected chi connectivity index (χ4v) is 1.72. The van der Waals surface area contributed by atoms with Gasteiger partial charge in [0.25, 0.3) is 0 Å². The van der Waals surface area contributed by atoms with Gasteiger partial charge in [0.05, 0.1) is 12.7 Å². The summed E-state index contributed by atoms with van der Waals surface area (Å²) in [5, 5.41) is 12.4. The van der Waals surface area contributed by atoms with Crippen LogP contribution in [0.1, 0.15) is 22.0 Å². The van der Waals surface area contributed by atoms with E-state index in [9.17, 15) is 9.90 Å². The van der Waals surface area contributed by atoms with Crippen molar-refractivity contribution >= 4 is 6.29 Å². The van der Waals surface area contributed by atoms with Gasteiger partial charge in [0.15, 0.2) is 6.29 Å². The molecular weight excluding hydrogens is 194 g/mol. The zero-order valence-corrected chi connectivity index (χ0v) is 8.27. The number of rotatable bonds is 2. The second-order valence-corrected chi connectivity index (χ2v) is 3.49. The normalized spacial score (nSPS) is 21.2. The zero-order valence-electron chi connectivity index (χ0n) is 8.27. The first-order valence-corrected chi connectivity index (χ1v) is 4.91. The molecule has 0 spiro atoms. The summed E-state index contributed by atoms with van der Waals surface area (Å²) in [5.41, 5.74) is 1.32. The smallest absolute Gasteiger partial charge is 0.150 e. The van der Waals surface area contributed by atoms with Crippen molar-refractivity contribution in [3.63, 3.8) is 0 Å². The molecule has 2 N–H and O–H groups in total. The second-order valence-electron chi connectivity index (χ2n) is 3.49. The van der Waals surface area contributed by atoms with Crippen molar-refractivity contribution in [1.29, 1.82) is 0 Å². The van der Waals surface area contributed by atoms with Crippen molar-refractivity contribution in [3.8, 4) is 5.75 Å². The van der Waals surface area contributed by atoms with Gasteiger partial charge in [-0.05, 0) is 17.7 Å². The third-order valence-electron chi connectivity index (χ3n) is 2.47. The van der Waals surface area contributed by atoms with Gasteiger partial charge in [-0.25, -0.2) is 0 Å². The Bertz CT molecular complexity index is 359. The van der Waals surface area contributed by atoms with Crippen LogP contribution in [-0.4, -0.2) is 31.1 Å². The maximum absolute atomic E-state index is 10.8. The molecular formula is C11H13NO3. The Morgan fingerprint density at radius 1 is 1.53 bits per heavy atom. The van der Waals surface area contributed by atoms with Crippen molar-refractivity contribution in [1.82, 2.24) is 5.32 Å². The maximum atomic E-state index is 10.8. The van der Waals surface area contributed by atoms with Gasteiger partial charge in [-0.2, -0.15) is 0 Å². The largest absolute Gasteiger partial charge is 0.508 e. The number of morpholine rings is 1. The number of carbonyl (C=O) groups is 1. The topological polar surface area (TPSA) is 58.6 Å². The van der Waals surface area contributed by atoms with Gasteiger partial charge in [-0.3, -0.25) is 4.79 Å². The highest BCUT2D eigenvalue weighted by molar-refractivity contribution is 5.78. The minimum Gasteiger partial charge on any atom is -0.508 e. The van der Waals surface area contributed by atoms with Gasteiger partial charge in [-0.1, -0.05) is 6.07 Å². The van der Waals surface area contributed by atoms with Crippen molar-refractivity contribution in [2.24, 2.45) is 0 Å². The van der Waals surface area contributed by atoms with Crippen molar-refractivity contribution in [2.45, 2.75) is 6.10 Å². The molecule has 2 rings (SSSR count). The number of benzene rings is 1. The summed E-state index contributed by atoms with van der Waals surface area (Å²) in [6, 6.07) is 4.76. The molecule has 4 heteroatoms. The van der Waals surface area contributed by atoms with Crippen LogP contribution in [0.25, 0.3) is 0 Å². The van der Waals surface area contributed by atoms with E-state index >= 15 is 0 Å². The standard InChI is InChI=1S/C11H13NO3/c13-7-8-5-9(14)1-2-10(8)11-6-12-3-4-15-11/h1-2,5,7,11-12,14H,3-4,6H2. The quantitative estimate of drug-likeness (QED) is 0.706. The number of hydrogen-bond donors (Lipinski definition) is 2. The summed E-state index contributed by atoms with van der Waals surface area (Å²) in [6.07, 6.45) is 0.645. The molecule has 1 aliphatic heterocycles. The van der Waals surface area contributed by atoms with Gasteiger partial charge < -0.3 is 15.2 Å². The zero-order chi connectivity index (χ0) is 10.7. The first kappa shape index (κ1) is 10.1. The van der Waals surface area contributed by atoms with E-state index in [0.717, 1.165) is 18.4 Å². The van der Waals surface area contributed by atoms with E-state index in [-0.39, 0.29) is 11.9 Å². The summed E-state index contributed by atoms with van der Waals surface area (Å²) < 4.78 is 5.54. The average Bonchev–Trinajstić information content (AvgIpc) is 2.30. The Kier molecular flexibility index (Phi) is 2.99. The lowest BCUT2D eigenvalue weighted by molar-refractivity contribution is 0.0272. The van der Waals surface area contributed by atoms with Crippen LogP contribution >= 0.6 is 0 Å². The third kappa shape index (κ3) is 2.16. The van der Waals surface area contributed by atoms with E-state index < -0.39 is 0 Å². The number of phenolic OH excluding ortho intramolecular Hbond substituents is 1. The Balaban J connectivity index is 2.29. The molecule has 1 unspecified atom stereocenters. The fraction of sp³-hybridized carbons (Fsp3) is 0.364. The van der Waals surface area contributed by atoms with Crippen LogP contribution in [0.15, 0.2) is 18.2 Å². The van der Waals surface area contributed by atoms with Gasteiger partial charge in [-0.15, -0.1) is 0 Å². The van der Waals surface area contributed by atoms with E-state index in [0.29, 0.717) is 18.7 Å². The molecule has 1 saturated heterocycles. The summed E-state index contributed by atoms with van der Waals surface area (Å²) in [5.74, 6) is 0.101. The minimum absolute atomic E-state index is 0.0976. The number of nitrogens with one attached hydrogen (secondary N) is 1. The van der Waals surface area contributed by atoms with Crippen LogP contribution in [0, 0.1) is 0 Å². The second kappa shape index (κ2) is 4.42. The predicted molar refractivity (Wildman–Crippen MR) is 55.1 cm³/mol. The van der Waals surface area contributed by atoms with Gasteiger partial charge in [0, 0.05) is 18.7 Å². The Hall–Kier alpha value is -1.39. The highest BCUT2D eigenvalue weighted by Crippen LogP contribution is 2.24. The molecule has 1 fully saturated rings. The van der Waals surface area contributed by atoms with Gasteiger partial charge in [0.2, 0.25) is 0 Å². The third-order valence-corrected chi connectivity index (χ3v) is 2.47. The molecule has 1 heterocycles. The number of ether oxygens (including phenoxy) is 1. The predicted octanol–water partition coefficient (Wildman–Crippen LogP) is 0.866. The molecule has 0 amide bonds. The van der Waals surface area contributed by atoms with Crippen LogP contribution in [0.3, 0.4) is 0 Å². The fourth-order valence-electron chi connectivity index (χ4n) is 1.72. The highest BCUT2D eigenvalue weighted by Gasteiger charge is 2.18. The Labute approximate surface area is 87.9 Å². The van der Waals surface area contributed by atoms with Gasteiger partial charge >= 0.3 is 0 Å². The molecule has 1 aromatic rings. The molecule has 0 radical (unpaired) electrons. The highest BCUT2D eigenvalue weighted by atomic mass is 16.5. The first-order chi connectivity index (χ1) is 7.31. The van der Waals surface area contributed by atoms with E-state index in [4.69, 9.17) is 4.74 Å². The molecule has 1 aromatic carbocycles. The molecule has 0 bridgehead atoms. The molecule has 4 nitrogen and oxygen atoms in total.